The van der Waals surface area contributed by atoms with E-state index in [0.29, 0.717) is 13.0 Å². The molecule has 2 rings (SSSR count). The molecule has 0 saturated carbocycles. The molecule has 1 aromatic rings. The molecule has 1 fully saturated rings. The average molecular weight is 256 g/mol. The quantitative estimate of drug-likeness (QED) is 0.787. The number of ether oxygens (including phenoxy) is 1. The third-order valence-corrected chi connectivity index (χ3v) is 3.03. The predicted molar refractivity (Wildman–Crippen MR) is 62.1 cm³/mol. The molecular weight excluding hydrogens is 242 g/mol. The lowest BCUT2D eigenvalue weighted by molar-refractivity contribution is 0.0866. The molecule has 0 bridgehead atoms. The number of nitrogens with two attached hydrogens (primary N) is 1. The van der Waals surface area contributed by atoms with E-state index in [4.69, 9.17) is 10.5 Å². The fraction of sp³-hybridized carbons (Fsp3) is 0.417. The van der Waals surface area contributed by atoms with Gasteiger partial charge in [-0.1, -0.05) is 0 Å². The van der Waals surface area contributed by atoms with E-state index in [0.717, 1.165) is 12.1 Å². The molecule has 1 aliphatic heterocycles. The van der Waals surface area contributed by atoms with E-state index >= 15 is 0 Å². The standard InChI is InChI=1S/C12H14F2N2O2/c1-6-11(2-3-18-6)16-12(17)7-4-8(13)9(14)5-10(7)15/h4-6,11H,2-3,15H2,1H3,(H,16,17). The lowest BCUT2D eigenvalue weighted by atomic mass is 10.1. The highest BCUT2D eigenvalue weighted by atomic mass is 19.2. The SMILES string of the molecule is CC1OCCC1NC(=O)c1cc(F)c(F)cc1N. The van der Waals surface area contributed by atoms with Crippen molar-refractivity contribution in [2.45, 2.75) is 25.5 Å². The van der Waals surface area contributed by atoms with Gasteiger partial charge in [0, 0.05) is 18.4 Å². The molecule has 3 N–H and O–H groups in total. The number of hydrogen-bond donors (Lipinski definition) is 2. The fourth-order valence-electron chi connectivity index (χ4n) is 1.93. The van der Waals surface area contributed by atoms with Crippen molar-refractivity contribution in [1.82, 2.24) is 5.32 Å². The Kier molecular flexibility index (Phi) is 3.47. The minimum atomic E-state index is -1.09. The van der Waals surface area contributed by atoms with Crippen LogP contribution in [0.3, 0.4) is 0 Å². The number of hydrogen-bond acceptors (Lipinski definition) is 3. The lowest BCUT2D eigenvalue weighted by Crippen LogP contribution is -2.39. The van der Waals surface area contributed by atoms with Gasteiger partial charge in [0.15, 0.2) is 11.6 Å². The van der Waals surface area contributed by atoms with Gasteiger partial charge in [-0.2, -0.15) is 0 Å². The van der Waals surface area contributed by atoms with Crippen LogP contribution in [0.4, 0.5) is 14.5 Å². The smallest absolute Gasteiger partial charge is 0.253 e. The number of halogens is 2. The zero-order chi connectivity index (χ0) is 13.3. The highest BCUT2D eigenvalue weighted by Crippen LogP contribution is 2.19. The van der Waals surface area contributed by atoms with E-state index in [9.17, 15) is 13.6 Å². The molecule has 1 aliphatic rings. The van der Waals surface area contributed by atoms with Crippen molar-refractivity contribution in [3.05, 3.63) is 29.3 Å². The van der Waals surface area contributed by atoms with E-state index in [1.54, 1.807) is 0 Å². The van der Waals surface area contributed by atoms with E-state index in [2.05, 4.69) is 5.32 Å². The first-order valence-electron chi connectivity index (χ1n) is 5.66. The van der Waals surface area contributed by atoms with Crippen molar-refractivity contribution in [2.75, 3.05) is 12.3 Å². The largest absolute Gasteiger partial charge is 0.398 e. The predicted octanol–water partition coefficient (Wildman–Crippen LogP) is 1.45. The van der Waals surface area contributed by atoms with Crippen LogP contribution in [-0.4, -0.2) is 24.7 Å². The molecule has 2 unspecified atom stereocenters. The fourth-order valence-corrected chi connectivity index (χ4v) is 1.93. The number of carbonyl (C=O) groups is 1. The number of anilines is 1. The van der Waals surface area contributed by atoms with E-state index < -0.39 is 17.5 Å². The van der Waals surface area contributed by atoms with Crippen LogP contribution in [0.25, 0.3) is 0 Å². The minimum absolute atomic E-state index is 0.0620. The summed E-state index contributed by atoms with van der Waals surface area (Å²) in [4.78, 5) is 11.9. The summed E-state index contributed by atoms with van der Waals surface area (Å²) >= 11 is 0. The first-order chi connectivity index (χ1) is 8.49. The third-order valence-electron chi connectivity index (χ3n) is 3.03. The number of amides is 1. The molecule has 2 atom stereocenters. The molecule has 0 aromatic heterocycles. The van der Waals surface area contributed by atoms with Gasteiger partial charge >= 0.3 is 0 Å². The maximum Gasteiger partial charge on any atom is 0.253 e. The van der Waals surface area contributed by atoms with Crippen molar-refractivity contribution < 1.29 is 18.3 Å². The number of nitrogens with one attached hydrogen (secondary N) is 1. The summed E-state index contributed by atoms with van der Waals surface area (Å²) in [5.41, 5.74) is 5.35. The maximum atomic E-state index is 13.1. The first kappa shape index (κ1) is 12.8. The molecule has 1 amide bonds. The molecule has 98 valence electrons. The van der Waals surface area contributed by atoms with Gasteiger partial charge < -0.3 is 15.8 Å². The molecule has 6 heteroatoms. The molecule has 1 heterocycles. The van der Waals surface area contributed by atoms with Crippen molar-refractivity contribution in [2.24, 2.45) is 0 Å². The van der Waals surface area contributed by atoms with Gasteiger partial charge in [-0.05, 0) is 19.4 Å². The Morgan fingerprint density at radius 1 is 1.44 bits per heavy atom. The topological polar surface area (TPSA) is 64.3 Å². The average Bonchev–Trinajstić information content (AvgIpc) is 2.69. The summed E-state index contributed by atoms with van der Waals surface area (Å²) in [7, 11) is 0. The Labute approximate surface area is 103 Å². The van der Waals surface area contributed by atoms with Crippen LogP contribution in [0.15, 0.2) is 12.1 Å². The van der Waals surface area contributed by atoms with Gasteiger partial charge in [0.1, 0.15) is 0 Å². The second-order valence-electron chi connectivity index (χ2n) is 4.30. The van der Waals surface area contributed by atoms with Crippen molar-refractivity contribution in [3.63, 3.8) is 0 Å². The monoisotopic (exact) mass is 256 g/mol. The van der Waals surface area contributed by atoms with Crippen molar-refractivity contribution in [3.8, 4) is 0 Å². The van der Waals surface area contributed by atoms with Crippen molar-refractivity contribution >= 4 is 11.6 Å². The zero-order valence-electron chi connectivity index (χ0n) is 9.87. The Morgan fingerprint density at radius 2 is 2.11 bits per heavy atom. The van der Waals surface area contributed by atoms with Gasteiger partial charge in [0.2, 0.25) is 0 Å². The van der Waals surface area contributed by atoms with E-state index in [-0.39, 0.29) is 23.4 Å². The highest BCUT2D eigenvalue weighted by molar-refractivity contribution is 5.99. The molecule has 1 saturated heterocycles. The Morgan fingerprint density at radius 3 is 2.72 bits per heavy atom. The maximum absolute atomic E-state index is 13.1. The zero-order valence-corrected chi connectivity index (χ0v) is 9.87. The number of nitrogen functional groups attached to an aromatic ring is 1. The molecule has 0 spiro atoms. The van der Waals surface area contributed by atoms with Crippen LogP contribution in [0.5, 0.6) is 0 Å². The summed E-state index contributed by atoms with van der Waals surface area (Å²) in [6, 6.07) is 1.48. The van der Waals surface area contributed by atoms with Crippen LogP contribution in [0.1, 0.15) is 23.7 Å². The van der Waals surface area contributed by atoms with E-state index in [1.807, 2.05) is 6.92 Å². The first-order valence-corrected chi connectivity index (χ1v) is 5.66. The molecule has 0 aliphatic carbocycles. The van der Waals surface area contributed by atoms with Gasteiger partial charge in [0.05, 0.1) is 17.7 Å². The Hall–Kier alpha value is -1.69. The van der Waals surface area contributed by atoms with E-state index in [1.165, 1.54) is 0 Å². The van der Waals surface area contributed by atoms with Crippen LogP contribution in [-0.2, 0) is 4.74 Å². The second-order valence-corrected chi connectivity index (χ2v) is 4.30. The summed E-state index contributed by atoms with van der Waals surface area (Å²) < 4.78 is 31.3. The van der Waals surface area contributed by atoms with Crippen LogP contribution in [0.2, 0.25) is 0 Å². The molecule has 1 aromatic carbocycles. The minimum Gasteiger partial charge on any atom is -0.398 e. The second kappa shape index (κ2) is 4.89. The van der Waals surface area contributed by atoms with Crippen LogP contribution >= 0.6 is 0 Å². The lowest BCUT2D eigenvalue weighted by Gasteiger charge is -2.16. The number of rotatable bonds is 2. The molecule has 0 radical (unpaired) electrons. The van der Waals surface area contributed by atoms with Crippen molar-refractivity contribution in [1.29, 1.82) is 0 Å². The number of benzene rings is 1. The molecular formula is C12H14F2N2O2. The van der Waals surface area contributed by atoms with Gasteiger partial charge in [-0.25, -0.2) is 8.78 Å². The van der Waals surface area contributed by atoms with Gasteiger partial charge in [-0.15, -0.1) is 0 Å². The van der Waals surface area contributed by atoms with Crippen LogP contribution in [0, 0.1) is 11.6 Å². The normalized spacial score (nSPS) is 23.1. The highest BCUT2D eigenvalue weighted by Gasteiger charge is 2.26. The Bertz CT molecular complexity index is 479. The summed E-state index contributed by atoms with van der Waals surface area (Å²) in [6.07, 6.45) is 0.594. The number of carbonyl (C=O) groups excluding carboxylic acids is 1. The van der Waals surface area contributed by atoms with Gasteiger partial charge in [-0.3, -0.25) is 4.79 Å². The molecule has 4 nitrogen and oxygen atoms in total. The summed E-state index contributed by atoms with van der Waals surface area (Å²) in [5, 5.41) is 2.70. The summed E-state index contributed by atoms with van der Waals surface area (Å²) in [6.45, 7) is 2.41. The third kappa shape index (κ3) is 2.43. The summed E-state index contributed by atoms with van der Waals surface area (Å²) in [5.74, 6) is -2.68. The van der Waals surface area contributed by atoms with Gasteiger partial charge in [0.25, 0.3) is 5.91 Å². The van der Waals surface area contributed by atoms with Crippen LogP contribution < -0.4 is 11.1 Å². The Balaban J connectivity index is 2.16. The molecule has 18 heavy (non-hydrogen) atoms.